The molecule has 1 saturated heterocycles. The summed E-state index contributed by atoms with van der Waals surface area (Å²) >= 11 is 0. The Kier molecular flexibility index (Phi) is 5.90. The third-order valence-electron chi connectivity index (χ3n) is 5.88. The Morgan fingerprint density at radius 3 is 2.70 bits per heavy atom. The van der Waals surface area contributed by atoms with Gasteiger partial charge in [0.2, 0.25) is 5.91 Å². The summed E-state index contributed by atoms with van der Waals surface area (Å²) in [6, 6.07) is 15.7. The Labute approximate surface area is 175 Å². The third kappa shape index (κ3) is 4.26. The molecule has 0 atom stereocenters. The van der Waals surface area contributed by atoms with Crippen molar-refractivity contribution in [1.82, 2.24) is 19.4 Å². The zero-order valence-electron chi connectivity index (χ0n) is 17.5. The molecule has 2 heterocycles. The van der Waals surface area contributed by atoms with Gasteiger partial charge in [-0.25, -0.2) is 4.79 Å². The van der Waals surface area contributed by atoms with Crippen molar-refractivity contribution in [3.05, 3.63) is 64.6 Å². The van der Waals surface area contributed by atoms with Crippen LogP contribution in [0, 0.1) is 0 Å². The predicted octanol–water partition coefficient (Wildman–Crippen LogP) is 2.63. The number of fused-ring (bicyclic) bond motifs is 1. The molecule has 1 N–H and O–H groups in total. The lowest BCUT2D eigenvalue weighted by molar-refractivity contribution is -0.132. The molecule has 3 aromatic rings. The number of carbonyl (C=O) groups is 1. The molecule has 0 aliphatic carbocycles. The number of nitrogens with zero attached hydrogens (tertiary/aromatic N) is 3. The van der Waals surface area contributed by atoms with E-state index in [2.05, 4.69) is 9.88 Å². The average Bonchev–Trinajstić information content (AvgIpc) is 3.10. The van der Waals surface area contributed by atoms with Crippen LogP contribution in [0.5, 0.6) is 5.75 Å². The first-order valence-corrected chi connectivity index (χ1v) is 10.3. The summed E-state index contributed by atoms with van der Waals surface area (Å²) in [5, 5.41) is 0. The maximum atomic E-state index is 12.7. The molecule has 1 fully saturated rings. The number of amides is 1. The quantitative estimate of drug-likeness (QED) is 0.681. The van der Waals surface area contributed by atoms with Crippen LogP contribution < -0.4 is 10.4 Å². The van der Waals surface area contributed by atoms with E-state index < -0.39 is 0 Å². The summed E-state index contributed by atoms with van der Waals surface area (Å²) in [6.45, 7) is 2.55. The zero-order valence-corrected chi connectivity index (χ0v) is 17.5. The Balaban J connectivity index is 1.33. The SMILES string of the molecule is COc1cccc(CN(C)C(=O)CN2CCC(n3c(=O)[nH]c4ccccc43)CC2)c1. The van der Waals surface area contributed by atoms with E-state index in [9.17, 15) is 9.59 Å². The standard InChI is InChI=1S/C23H28N4O3/c1-25(15-17-6-5-7-19(14-17)30-2)22(28)16-26-12-10-18(11-13-26)27-21-9-4-3-8-20(21)24-23(27)29/h3-9,14,18H,10-13,15-16H2,1-2H3,(H,24,29). The average molecular weight is 409 g/mol. The van der Waals surface area contributed by atoms with Crippen molar-refractivity contribution in [3.63, 3.8) is 0 Å². The number of benzene rings is 2. The number of aromatic nitrogens is 2. The molecule has 1 aromatic heterocycles. The predicted molar refractivity (Wildman–Crippen MR) is 117 cm³/mol. The normalized spacial score (nSPS) is 15.4. The molecule has 1 amide bonds. The highest BCUT2D eigenvalue weighted by Crippen LogP contribution is 2.24. The molecule has 1 aliphatic rings. The number of ether oxygens (including phenoxy) is 1. The van der Waals surface area contributed by atoms with E-state index in [1.165, 1.54) is 0 Å². The smallest absolute Gasteiger partial charge is 0.326 e. The van der Waals surface area contributed by atoms with Crippen molar-refractivity contribution >= 4 is 16.9 Å². The van der Waals surface area contributed by atoms with Gasteiger partial charge in [-0.05, 0) is 42.7 Å². The van der Waals surface area contributed by atoms with Gasteiger partial charge in [-0.1, -0.05) is 24.3 Å². The lowest BCUT2D eigenvalue weighted by atomic mass is 10.0. The van der Waals surface area contributed by atoms with Gasteiger partial charge in [-0.2, -0.15) is 0 Å². The van der Waals surface area contributed by atoms with Crippen molar-refractivity contribution in [2.24, 2.45) is 0 Å². The number of likely N-dealkylation sites (N-methyl/N-ethyl adjacent to an activating group) is 1. The Bertz CT molecular complexity index is 1080. The molecular weight excluding hydrogens is 380 g/mol. The first kappa shape index (κ1) is 20.2. The number of H-pyrrole nitrogens is 1. The van der Waals surface area contributed by atoms with Gasteiger partial charge in [0.1, 0.15) is 5.75 Å². The van der Waals surface area contributed by atoms with Gasteiger partial charge < -0.3 is 14.6 Å². The van der Waals surface area contributed by atoms with E-state index in [1.807, 2.05) is 60.1 Å². The maximum Gasteiger partial charge on any atom is 0.326 e. The fourth-order valence-corrected chi connectivity index (χ4v) is 4.22. The number of imidazole rings is 1. The molecule has 2 aromatic carbocycles. The molecule has 7 heteroatoms. The minimum absolute atomic E-state index is 0.0521. The molecule has 0 spiro atoms. The van der Waals surface area contributed by atoms with Crippen LogP contribution in [0.4, 0.5) is 0 Å². The Morgan fingerprint density at radius 2 is 1.93 bits per heavy atom. The molecule has 158 valence electrons. The molecule has 1 aliphatic heterocycles. The molecular formula is C23H28N4O3. The zero-order chi connectivity index (χ0) is 21.1. The van der Waals surface area contributed by atoms with Gasteiger partial charge in [0, 0.05) is 32.7 Å². The van der Waals surface area contributed by atoms with E-state index in [0.717, 1.165) is 48.3 Å². The summed E-state index contributed by atoms with van der Waals surface area (Å²) < 4.78 is 7.13. The highest BCUT2D eigenvalue weighted by molar-refractivity contribution is 5.78. The van der Waals surface area contributed by atoms with E-state index >= 15 is 0 Å². The van der Waals surface area contributed by atoms with Gasteiger partial charge in [-0.3, -0.25) is 14.3 Å². The molecule has 7 nitrogen and oxygen atoms in total. The van der Waals surface area contributed by atoms with Crippen molar-refractivity contribution in [2.75, 3.05) is 33.8 Å². The molecule has 4 rings (SSSR count). The molecule has 0 radical (unpaired) electrons. The van der Waals surface area contributed by atoms with Gasteiger partial charge in [0.25, 0.3) is 0 Å². The topological polar surface area (TPSA) is 70.6 Å². The van der Waals surface area contributed by atoms with E-state index in [-0.39, 0.29) is 17.6 Å². The van der Waals surface area contributed by atoms with Crippen LogP contribution in [-0.2, 0) is 11.3 Å². The number of nitrogens with one attached hydrogen (secondary N) is 1. The Morgan fingerprint density at radius 1 is 1.17 bits per heavy atom. The second-order valence-electron chi connectivity index (χ2n) is 7.93. The van der Waals surface area contributed by atoms with Crippen LogP contribution in [0.15, 0.2) is 53.3 Å². The highest BCUT2D eigenvalue weighted by Gasteiger charge is 2.25. The van der Waals surface area contributed by atoms with Crippen LogP contribution in [0.1, 0.15) is 24.4 Å². The fraction of sp³-hybridized carbons (Fsp3) is 0.391. The molecule has 0 saturated carbocycles. The number of para-hydroxylation sites is 2. The van der Waals surface area contributed by atoms with E-state index in [1.54, 1.807) is 12.0 Å². The van der Waals surface area contributed by atoms with Crippen molar-refractivity contribution < 1.29 is 9.53 Å². The molecule has 0 bridgehead atoms. The summed E-state index contributed by atoms with van der Waals surface area (Å²) in [7, 11) is 3.47. The first-order chi connectivity index (χ1) is 14.5. The summed E-state index contributed by atoms with van der Waals surface area (Å²) in [6.07, 6.45) is 1.71. The number of hydrogen-bond donors (Lipinski definition) is 1. The number of piperidine rings is 1. The summed E-state index contributed by atoms with van der Waals surface area (Å²) in [5.74, 6) is 0.892. The van der Waals surface area contributed by atoms with Crippen LogP contribution >= 0.6 is 0 Å². The fourth-order valence-electron chi connectivity index (χ4n) is 4.22. The first-order valence-electron chi connectivity index (χ1n) is 10.3. The molecule has 0 unspecified atom stereocenters. The second-order valence-corrected chi connectivity index (χ2v) is 7.93. The maximum absolute atomic E-state index is 12.7. The number of rotatable bonds is 6. The number of carbonyl (C=O) groups excluding carboxylic acids is 1. The van der Waals surface area contributed by atoms with Gasteiger partial charge in [0.05, 0.1) is 24.7 Å². The van der Waals surface area contributed by atoms with E-state index in [4.69, 9.17) is 4.74 Å². The number of hydrogen-bond acceptors (Lipinski definition) is 4. The van der Waals surface area contributed by atoms with Crippen LogP contribution in [0.25, 0.3) is 11.0 Å². The van der Waals surface area contributed by atoms with Crippen molar-refractivity contribution in [1.29, 1.82) is 0 Å². The van der Waals surface area contributed by atoms with Crippen LogP contribution in [0.3, 0.4) is 0 Å². The molecule has 30 heavy (non-hydrogen) atoms. The Hall–Kier alpha value is -3.06. The van der Waals surface area contributed by atoms with Crippen molar-refractivity contribution in [3.8, 4) is 5.75 Å². The number of likely N-dealkylation sites (tertiary alicyclic amines) is 1. The monoisotopic (exact) mass is 408 g/mol. The third-order valence-corrected chi connectivity index (χ3v) is 5.88. The van der Waals surface area contributed by atoms with Crippen LogP contribution in [0.2, 0.25) is 0 Å². The summed E-state index contributed by atoms with van der Waals surface area (Å²) in [4.78, 5) is 32.0. The number of aromatic amines is 1. The minimum atomic E-state index is -0.0521. The largest absolute Gasteiger partial charge is 0.497 e. The number of methoxy groups -OCH3 is 1. The van der Waals surface area contributed by atoms with Gasteiger partial charge >= 0.3 is 5.69 Å². The highest BCUT2D eigenvalue weighted by atomic mass is 16.5. The lowest BCUT2D eigenvalue weighted by Crippen LogP contribution is -2.43. The summed E-state index contributed by atoms with van der Waals surface area (Å²) in [5.41, 5.74) is 2.82. The van der Waals surface area contributed by atoms with Gasteiger partial charge in [0.15, 0.2) is 0 Å². The lowest BCUT2D eigenvalue weighted by Gasteiger charge is -2.33. The van der Waals surface area contributed by atoms with Gasteiger partial charge in [-0.15, -0.1) is 0 Å². The van der Waals surface area contributed by atoms with Crippen molar-refractivity contribution in [2.45, 2.75) is 25.4 Å². The van der Waals surface area contributed by atoms with E-state index in [0.29, 0.717) is 13.1 Å². The second kappa shape index (κ2) is 8.75. The minimum Gasteiger partial charge on any atom is -0.497 e. The van der Waals surface area contributed by atoms with Crippen LogP contribution in [-0.4, -0.2) is 59.0 Å².